The molecule has 1 fully saturated rings. The first kappa shape index (κ1) is 11.1. The molecule has 2 rings (SSSR count). The van der Waals surface area contributed by atoms with E-state index < -0.39 is 0 Å². The maximum Gasteiger partial charge on any atom is 0.244 e. The van der Waals surface area contributed by atoms with Gasteiger partial charge in [0.05, 0.1) is 6.20 Å². The van der Waals surface area contributed by atoms with Crippen molar-refractivity contribution in [1.82, 2.24) is 15.2 Å². The first-order valence-electron chi connectivity index (χ1n) is 5.09. The van der Waals surface area contributed by atoms with Crippen molar-refractivity contribution in [1.29, 1.82) is 0 Å². The van der Waals surface area contributed by atoms with Gasteiger partial charge in [-0.3, -0.25) is 4.79 Å². The Hall–Kier alpha value is -1.43. The number of rotatable bonds is 2. The lowest BCUT2D eigenvalue weighted by Crippen LogP contribution is -2.48. The molecule has 2 heterocycles. The summed E-state index contributed by atoms with van der Waals surface area (Å²) < 4.78 is 0. The Morgan fingerprint density at radius 2 is 2.38 bits per heavy atom. The third-order valence-electron chi connectivity index (χ3n) is 2.65. The second-order valence-corrected chi connectivity index (χ2v) is 4.03. The summed E-state index contributed by atoms with van der Waals surface area (Å²) in [6, 6.07) is -0.318. The second kappa shape index (κ2) is 4.61. The van der Waals surface area contributed by atoms with Gasteiger partial charge in [-0.2, -0.15) is 10.1 Å². The van der Waals surface area contributed by atoms with E-state index in [1.807, 2.05) is 4.90 Å². The lowest BCUT2D eigenvalue weighted by Gasteiger charge is -2.34. The summed E-state index contributed by atoms with van der Waals surface area (Å²) in [5.74, 6) is 0.220. The molecule has 0 bridgehead atoms. The quantitative estimate of drug-likeness (QED) is 0.809. The summed E-state index contributed by atoms with van der Waals surface area (Å²) in [7, 11) is 0. The summed E-state index contributed by atoms with van der Waals surface area (Å²) >= 11 is 5.66. The summed E-state index contributed by atoms with van der Waals surface area (Å²) in [4.78, 5) is 17.2. The van der Waals surface area contributed by atoms with E-state index in [-0.39, 0.29) is 17.2 Å². The largest absolute Gasteiger partial charge is 0.368 e. The zero-order valence-electron chi connectivity index (χ0n) is 8.64. The molecule has 1 atom stereocenters. The van der Waals surface area contributed by atoms with E-state index in [2.05, 4.69) is 15.2 Å². The topological polar surface area (TPSA) is 85.0 Å². The van der Waals surface area contributed by atoms with Crippen LogP contribution in [0.4, 0.5) is 5.82 Å². The van der Waals surface area contributed by atoms with Crippen LogP contribution in [0, 0.1) is 0 Å². The number of carbonyl (C=O) groups is 1. The van der Waals surface area contributed by atoms with E-state index in [0.29, 0.717) is 5.82 Å². The smallest absolute Gasteiger partial charge is 0.244 e. The number of aromatic nitrogens is 3. The lowest BCUT2D eigenvalue weighted by atomic mass is 10.0. The first-order valence-corrected chi connectivity index (χ1v) is 5.47. The highest BCUT2D eigenvalue weighted by molar-refractivity contribution is 6.28. The standard InChI is InChI=1S/C9H12ClN5O/c10-9-13-7(5-12-14-9)15-4-2-1-3-6(15)8(11)16/h5-6H,1-4H2,(H2,11,16). The fraction of sp³-hybridized carbons (Fsp3) is 0.556. The summed E-state index contributed by atoms with van der Waals surface area (Å²) in [6.07, 6.45) is 4.24. The Labute approximate surface area is 97.8 Å². The Morgan fingerprint density at radius 1 is 1.56 bits per heavy atom. The number of hydrogen-bond donors (Lipinski definition) is 1. The van der Waals surface area contributed by atoms with Crippen LogP contribution in [0.15, 0.2) is 6.20 Å². The molecule has 7 heteroatoms. The molecular formula is C9H12ClN5O. The Morgan fingerprint density at radius 3 is 3.06 bits per heavy atom. The maximum atomic E-state index is 11.3. The minimum atomic E-state index is -0.338. The predicted molar refractivity (Wildman–Crippen MR) is 59.0 cm³/mol. The van der Waals surface area contributed by atoms with E-state index in [4.69, 9.17) is 17.3 Å². The predicted octanol–water partition coefficient (Wildman–Crippen LogP) is 0.369. The molecule has 1 unspecified atom stereocenters. The Balaban J connectivity index is 2.26. The van der Waals surface area contributed by atoms with Gasteiger partial charge in [0, 0.05) is 6.54 Å². The number of amides is 1. The van der Waals surface area contributed by atoms with Crippen LogP contribution in [0.1, 0.15) is 19.3 Å². The van der Waals surface area contributed by atoms with Crippen molar-refractivity contribution in [3.8, 4) is 0 Å². The fourth-order valence-electron chi connectivity index (χ4n) is 1.91. The molecule has 0 radical (unpaired) electrons. The number of piperidine rings is 1. The molecule has 1 amide bonds. The van der Waals surface area contributed by atoms with Crippen LogP contribution in [0.2, 0.25) is 5.28 Å². The van der Waals surface area contributed by atoms with Gasteiger partial charge in [-0.25, -0.2) is 0 Å². The van der Waals surface area contributed by atoms with E-state index >= 15 is 0 Å². The van der Waals surface area contributed by atoms with Crippen LogP contribution in [0.3, 0.4) is 0 Å². The van der Waals surface area contributed by atoms with Gasteiger partial charge in [0.25, 0.3) is 0 Å². The molecule has 1 aliphatic rings. The van der Waals surface area contributed by atoms with Gasteiger partial charge in [-0.15, -0.1) is 5.10 Å². The molecule has 1 aromatic rings. The van der Waals surface area contributed by atoms with Crippen molar-refractivity contribution < 1.29 is 4.79 Å². The van der Waals surface area contributed by atoms with Gasteiger partial charge in [0.2, 0.25) is 11.2 Å². The van der Waals surface area contributed by atoms with Crippen LogP contribution in [0.25, 0.3) is 0 Å². The van der Waals surface area contributed by atoms with Crippen molar-refractivity contribution in [2.45, 2.75) is 25.3 Å². The van der Waals surface area contributed by atoms with Crippen LogP contribution in [-0.4, -0.2) is 33.7 Å². The van der Waals surface area contributed by atoms with Crippen molar-refractivity contribution in [3.63, 3.8) is 0 Å². The van der Waals surface area contributed by atoms with Crippen molar-refractivity contribution >= 4 is 23.3 Å². The van der Waals surface area contributed by atoms with Gasteiger partial charge in [-0.1, -0.05) is 0 Å². The molecule has 86 valence electrons. The molecule has 0 aliphatic carbocycles. The highest BCUT2D eigenvalue weighted by atomic mass is 35.5. The minimum Gasteiger partial charge on any atom is -0.368 e. The molecule has 16 heavy (non-hydrogen) atoms. The average Bonchev–Trinajstić information content (AvgIpc) is 2.29. The molecule has 1 saturated heterocycles. The highest BCUT2D eigenvalue weighted by Crippen LogP contribution is 2.22. The van der Waals surface area contributed by atoms with E-state index in [1.54, 1.807) is 0 Å². The van der Waals surface area contributed by atoms with Gasteiger partial charge >= 0.3 is 0 Å². The van der Waals surface area contributed by atoms with Gasteiger partial charge in [0.15, 0.2) is 5.82 Å². The van der Waals surface area contributed by atoms with Crippen LogP contribution < -0.4 is 10.6 Å². The lowest BCUT2D eigenvalue weighted by molar-refractivity contribution is -0.119. The Kier molecular flexibility index (Phi) is 3.19. The SMILES string of the molecule is NC(=O)C1CCCCN1c1cnnc(Cl)n1. The monoisotopic (exact) mass is 241 g/mol. The molecule has 1 aromatic heterocycles. The zero-order chi connectivity index (χ0) is 11.5. The third-order valence-corrected chi connectivity index (χ3v) is 2.81. The van der Waals surface area contributed by atoms with Crippen molar-refractivity contribution in [3.05, 3.63) is 11.5 Å². The minimum absolute atomic E-state index is 0.0753. The molecular weight excluding hydrogens is 230 g/mol. The van der Waals surface area contributed by atoms with Crippen molar-refractivity contribution in [2.24, 2.45) is 5.73 Å². The number of halogens is 1. The number of nitrogens with two attached hydrogens (primary N) is 1. The number of anilines is 1. The summed E-state index contributed by atoms with van der Waals surface area (Å²) in [5, 5.41) is 7.36. The molecule has 1 aliphatic heterocycles. The van der Waals surface area contributed by atoms with Gasteiger partial charge in [0.1, 0.15) is 6.04 Å². The normalized spacial score (nSPS) is 20.8. The second-order valence-electron chi connectivity index (χ2n) is 3.69. The fourth-order valence-corrected chi connectivity index (χ4v) is 2.04. The number of carbonyl (C=O) groups excluding carboxylic acids is 1. The van der Waals surface area contributed by atoms with Gasteiger partial charge < -0.3 is 10.6 Å². The van der Waals surface area contributed by atoms with Crippen LogP contribution in [0.5, 0.6) is 0 Å². The number of nitrogens with zero attached hydrogens (tertiary/aromatic N) is 4. The molecule has 0 saturated carbocycles. The van der Waals surface area contributed by atoms with E-state index in [9.17, 15) is 4.79 Å². The third kappa shape index (κ3) is 2.21. The molecule has 0 spiro atoms. The Bertz CT molecular complexity index is 399. The summed E-state index contributed by atoms with van der Waals surface area (Å²) in [6.45, 7) is 0.739. The van der Waals surface area contributed by atoms with Crippen LogP contribution in [-0.2, 0) is 4.79 Å². The number of primary amides is 1. The molecule has 0 aromatic carbocycles. The average molecular weight is 242 g/mol. The summed E-state index contributed by atoms with van der Waals surface area (Å²) in [5.41, 5.74) is 5.36. The van der Waals surface area contributed by atoms with Gasteiger partial charge in [-0.05, 0) is 30.9 Å². The molecule has 2 N–H and O–H groups in total. The van der Waals surface area contributed by atoms with E-state index in [1.165, 1.54) is 6.20 Å². The number of hydrogen-bond acceptors (Lipinski definition) is 5. The first-order chi connectivity index (χ1) is 7.68. The van der Waals surface area contributed by atoms with Crippen molar-refractivity contribution in [2.75, 3.05) is 11.4 Å². The zero-order valence-corrected chi connectivity index (χ0v) is 9.39. The van der Waals surface area contributed by atoms with Crippen LogP contribution >= 0.6 is 11.6 Å². The van der Waals surface area contributed by atoms with E-state index in [0.717, 1.165) is 25.8 Å². The molecule has 6 nitrogen and oxygen atoms in total. The highest BCUT2D eigenvalue weighted by Gasteiger charge is 2.28. The maximum absolute atomic E-state index is 11.3.